The fourth-order valence-corrected chi connectivity index (χ4v) is 1.72. The average Bonchev–Trinajstić information content (AvgIpc) is 2.23. The molecule has 0 radical (unpaired) electrons. The lowest BCUT2D eigenvalue weighted by Crippen LogP contribution is -2.03. The molecule has 3 heteroatoms. The molecule has 0 spiro atoms. The Morgan fingerprint density at radius 2 is 2.27 bits per heavy atom. The summed E-state index contributed by atoms with van der Waals surface area (Å²) in [5.41, 5.74) is 2.19. The molecular weight excluding hydrogens is 254 g/mol. The van der Waals surface area contributed by atoms with Crippen molar-refractivity contribution in [3.05, 3.63) is 28.2 Å². The zero-order chi connectivity index (χ0) is 11.1. The third-order valence-corrected chi connectivity index (χ3v) is 2.69. The summed E-state index contributed by atoms with van der Waals surface area (Å²) in [5, 5.41) is 3.26. The molecule has 0 bridgehead atoms. The van der Waals surface area contributed by atoms with Crippen molar-refractivity contribution in [3.8, 4) is 11.8 Å². The van der Waals surface area contributed by atoms with Crippen LogP contribution in [0.15, 0.2) is 22.7 Å². The zero-order valence-electron chi connectivity index (χ0n) is 8.93. The highest BCUT2D eigenvalue weighted by atomic mass is 79.9. The monoisotopic (exact) mass is 267 g/mol. The topological polar surface area (TPSA) is 21.3 Å². The van der Waals surface area contributed by atoms with Gasteiger partial charge in [0.15, 0.2) is 0 Å². The molecule has 0 fully saturated rings. The molecule has 0 aliphatic carbocycles. The van der Waals surface area contributed by atoms with Gasteiger partial charge >= 0.3 is 0 Å². The number of rotatable bonds is 4. The normalized spacial score (nSPS) is 9.27. The van der Waals surface area contributed by atoms with Gasteiger partial charge in [-0.25, -0.2) is 0 Å². The van der Waals surface area contributed by atoms with Crippen LogP contribution in [0.25, 0.3) is 0 Å². The number of benzene rings is 1. The van der Waals surface area contributed by atoms with Gasteiger partial charge in [0.25, 0.3) is 0 Å². The summed E-state index contributed by atoms with van der Waals surface area (Å²) in [7, 11) is 1.69. The third-order valence-electron chi connectivity index (χ3n) is 1.95. The number of nitrogens with one attached hydrogen (secondary N) is 1. The van der Waals surface area contributed by atoms with E-state index in [2.05, 4.69) is 33.1 Å². The lowest BCUT2D eigenvalue weighted by Gasteiger charge is -2.11. The number of hydrogen-bond acceptors (Lipinski definition) is 2. The lowest BCUT2D eigenvalue weighted by molar-refractivity contribution is 0.185. The van der Waals surface area contributed by atoms with Crippen LogP contribution in [-0.2, 0) is 11.3 Å². The zero-order valence-corrected chi connectivity index (χ0v) is 10.5. The van der Waals surface area contributed by atoms with Crippen molar-refractivity contribution >= 4 is 21.6 Å². The fourth-order valence-electron chi connectivity index (χ4n) is 1.24. The molecule has 0 aromatic heterocycles. The molecule has 0 aliphatic rings. The Hall–Kier alpha value is -0.980. The summed E-state index contributed by atoms with van der Waals surface area (Å²) in [5.74, 6) is 5.82. The molecule has 15 heavy (non-hydrogen) atoms. The van der Waals surface area contributed by atoms with E-state index in [-0.39, 0.29) is 0 Å². The van der Waals surface area contributed by atoms with Gasteiger partial charge < -0.3 is 10.1 Å². The number of halogens is 1. The Balaban J connectivity index is 2.83. The number of hydrogen-bond donors (Lipinski definition) is 1. The molecular formula is C12H14BrNO. The molecule has 0 aliphatic heterocycles. The van der Waals surface area contributed by atoms with E-state index in [0.717, 1.165) is 15.7 Å². The first-order chi connectivity index (χ1) is 7.29. The van der Waals surface area contributed by atoms with Gasteiger partial charge in [0.2, 0.25) is 0 Å². The smallest absolute Gasteiger partial charge is 0.0765 e. The van der Waals surface area contributed by atoms with Crippen LogP contribution in [0.4, 0.5) is 5.69 Å². The van der Waals surface area contributed by atoms with Crippen LogP contribution in [0.5, 0.6) is 0 Å². The predicted octanol–water partition coefficient (Wildman–Crippen LogP) is 3.03. The van der Waals surface area contributed by atoms with Crippen LogP contribution in [0, 0.1) is 11.8 Å². The molecule has 1 rings (SSSR count). The maximum Gasteiger partial charge on any atom is 0.0765 e. The fraction of sp³-hybridized carbons (Fsp3) is 0.333. The van der Waals surface area contributed by atoms with Crippen molar-refractivity contribution in [1.29, 1.82) is 0 Å². The maximum absolute atomic E-state index is 5.15. The highest BCUT2D eigenvalue weighted by molar-refractivity contribution is 9.10. The van der Waals surface area contributed by atoms with Gasteiger partial charge in [0, 0.05) is 22.8 Å². The van der Waals surface area contributed by atoms with Crippen molar-refractivity contribution in [2.24, 2.45) is 0 Å². The molecule has 0 saturated heterocycles. The minimum Gasteiger partial charge on any atom is -0.380 e. The molecule has 0 amide bonds. The minimum absolute atomic E-state index is 0.587. The molecule has 2 nitrogen and oxygen atoms in total. The summed E-state index contributed by atoms with van der Waals surface area (Å²) in [6.45, 7) is 3.08. The van der Waals surface area contributed by atoms with Crippen molar-refractivity contribution < 1.29 is 4.74 Å². The van der Waals surface area contributed by atoms with Crippen LogP contribution in [0.3, 0.4) is 0 Å². The van der Waals surface area contributed by atoms with Crippen molar-refractivity contribution in [2.45, 2.75) is 13.5 Å². The van der Waals surface area contributed by atoms with Crippen molar-refractivity contribution in [3.63, 3.8) is 0 Å². The summed E-state index contributed by atoms with van der Waals surface area (Å²) < 4.78 is 6.20. The molecule has 0 unspecified atom stereocenters. The van der Waals surface area contributed by atoms with E-state index in [0.29, 0.717) is 13.2 Å². The first-order valence-corrected chi connectivity index (χ1v) is 5.48. The van der Waals surface area contributed by atoms with E-state index in [1.54, 1.807) is 7.11 Å². The van der Waals surface area contributed by atoms with Crippen LogP contribution in [-0.4, -0.2) is 13.7 Å². The van der Waals surface area contributed by atoms with Crippen LogP contribution >= 0.6 is 15.9 Å². The molecule has 1 aromatic carbocycles. The first kappa shape index (κ1) is 12.1. The van der Waals surface area contributed by atoms with Crippen LogP contribution < -0.4 is 5.32 Å². The van der Waals surface area contributed by atoms with Crippen molar-refractivity contribution in [2.75, 3.05) is 19.0 Å². The van der Waals surface area contributed by atoms with Gasteiger partial charge in [-0.05, 0) is 19.1 Å². The second kappa shape index (κ2) is 6.49. The Morgan fingerprint density at radius 1 is 1.47 bits per heavy atom. The van der Waals surface area contributed by atoms with E-state index in [1.165, 1.54) is 0 Å². The minimum atomic E-state index is 0.587. The summed E-state index contributed by atoms with van der Waals surface area (Å²) in [4.78, 5) is 0. The lowest BCUT2D eigenvalue weighted by atomic mass is 10.2. The van der Waals surface area contributed by atoms with Gasteiger partial charge in [-0.2, -0.15) is 0 Å². The van der Waals surface area contributed by atoms with E-state index in [9.17, 15) is 0 Å². The van der Waals surface area contributed by atoms with E-state index >= 15 is 0 Å². The van der Waals surface area contributed by atoms with Gasteiger partial charge in [0.05, 0.1) is 13.2 Å². The van der Waals surface area contributed by atoms with E-state index in [4.69, 9.17) is 4.74 Å². The summed E-state index contributed by atoms with van der Waals surface area (Å²) >= 11 is 3.50. The highest BCUT2D eigenvalue weighted by Crippen LogP contribution is 2.25. The SMILES string of the molecule is CC#CCNc1cccc(Br)c1COC. The van der Waals surface area contributed by atoms with Crippen molar-refractivity contribution in [1.82, 2.24) is 0 Å². The standard InChI is InChI=1S/C12H14BrNO/c1-3-4-8-14-12-7-5-6-11(13)10(12)9-15-2/h5-7,14H,8-9H2,1-2H3. The molecule has 80 valence electrons. The predicted molar refractivity (Wildman–Crippen MR) is 66.8 cm³/mol. The van der Waals surface area contributed by atoms with Crippen LogP contribution in [0.1, 0.15) is 12.5 Å². The summed E-state index contributed by atoms with van der Waals surface area (Å²) in [6, 6.07) is 6.02. The van der Waals surface area contributed by atoms with Gasteiger partial charge in [-0.3, -0.25) is 0 Å². The maximum atomic E-state index is 5.15. The molecule has 0 atom stereocenters. The van der Waals surface area contributed by atoms with Gasteiger partial charge in [0.1, 0.15) is 0 Å². The Bertz CT molecular complexity index is 379. The molecule has 0 saturated carbocycles. The Kier molecular flexibility index (Phi) is 5.23. The third kappa shape index (κ3) is 3.58. The van der Waals surface area contributed by atoms with E-state index in [1.807, 2.05) is 25.1 Å². The number of methoxy groups -OCH3 is 1. The van der Waals surface area contributed by atoms with Crippen LogP contribution in [0.2, 0.25) is 0 Å². The quantitative estimate of drug-likeness (QED) is 0.847. The van der Waals surface area contributed by atoms with Gasteiger partial charge in [-0.15, -0.1) is 5.92 Å². The first-order valence-electron chi connectivity index (χ1n) is 4.69. The largest absolute Gasteiger partial charge is 0.380 e. The van der Waals surface area contributed by atoms with E-state index < -0.39 is 0 Å². The molecule has 0 heterocycles. The highest BCUT2D eigenvalue weighted by Gasteiger charge is 2.04. The average molecular weight is 268 g/mol. The van der Waals surface area contributed by atoms with Gasteiger partial charge in [-0.1, -0.05) is 27.9 Å². The second-order valence-electron chi connectivity index (χ2n) is 2.98. The second-order valence-corrected chi connectivity index (χ2v) is 3.83. The molecule has 1 aromatic rings. The molecule has 1 N–H and O–H groups in total. The Labute approximate surface area is 99.2 Å². The number of anilines is 1. The number of ether oxygens (including phenoxy) is 1. The summed E-state index contributed by atoms with van der Waals surface area (Å²) in [6.07, 6.45) is 0. The Morgan fingerprint density at radius 3 is 2.93 bits per heavy atom.